The van der Waals surface area contributed by atoms with Crippen LogP contribution in [0, 0.1) is 0 Å². The molecular weight excluding hydrogens is 286 g/mol. The van der Waals surface area contributed by atoms with Crippen LogP contribution >= 0.6 is 27.3 Å². The average molecular weight is 298 g/mol. The Balaban J connectivity index is 2.07. The van der Waals surface area contributed by atoms with E-state index >= 15 is 0 Å². The number of halogens is 1. The van der Waals surface area contributed by atoms with Crippen LogP contribution in [0.1, 0.15) is 10.4 Å². The van der Waals surface area contributed by atoms with Crippen molar-refractivity contribution in [2.75, 3.05) is 0 Å². The molecule has 2 N–H and O–H groups in total. The van der Waals surface area contributed by atoms with Gasteiger partial charge in [0.2, 0.25) is 0 Å². The second kappa shape index (κ2) is 5.48. The van der Waals surface area contributed by atoms with Crippen molar-refractivity contribution < 1.29 is 4.74 Å². The third-order valence-corrected chi connectivity index (χ3v) is 4.14. The van der Waals surface area contributed by atoms with E-state index < -0.39 is 0 Å². The minimum atomic E-state index is 0.502. The van der Waals surface area contributed by atoms with E-state index in [1.807, 2.05) is 35.7 Å². The lowest BCUT2D eigenvalue weighted by Crippen LogP contribution is -2.01. The quantitative estimate of drug-likeness (QED) is 0.937. The fourth-order valence-electron chi connectivity index (χ4n) is 1.38. The van der Waals surface area contributed by atoms with E-state index in [4.69, 9.17) is 10.5 Å². The highest BCUT2D eigenvalue weighted by Gasteiger charge is 2.04. The van der Waals surface area contributed by atoms with Gasteiger partial charge in [-0.2, -0.15) is 0 Å². The van der Waals surface area contributed by atoms with E-state index in [0.717, 1.165) is 15.8 Å². The lowest BCUT2D eigenvalue weighted by atomic mass is 10.2. The molecule has 84 valence electrons. The number of rotatable bonds is 4. The monoisotopic (exact) mass is 297 g/mol. The van der Waals surface area contributed by atoms with Gasteiger partial charge in [0.05, 0.1) is 4.88 Å². The summed E-state index contributed by atoms with van der Waals surface area (Å²) in [6.45, 7) is 1.08. The lowest BCUT2D eigenvalue weighted by Gasteiger charge is -2.09. The molecule has 1 aromatic heterocycles. The first-order chi connectivity index (χ1) is 7.81. The highest BCUT2D eigenvalue weighted by Crippen LogP contribution is 2.25. The third kappa shape index (κ3) is 2.64. The standard InChI is InChI=1S/C12H12BrNOS/c13-10-5-6-16-12(10)8-15-11-4-2-1-3-9(11)7-14/h1-6H,7-8,14H2. The van der Waals surface area contributed by atoms with Crippen LogP contribution < -0.4 is 10.5 Å². The molecule has 0 saturated heterocycles. The van der Waals surface area contributed by atoms with Crippen molar-refractivity contribution in [2.24, 2.45) is 5.73 Å². The van der Waals surface area contributed by atoms with Crippen molar-refractivity contribution >= 4 is 27.3 Å². The van der Waals surface area contributed by atoms with Gasteiger partial charge >= 0.3 is 0 Å². The molecule has 0 saturated carbocycles. The molecule has 0 radical (unpaired) electrons. The Morgan fingerprint density at radius 2 is 2.06 bits per heavy atom. The van der Waals surface area contributed by atoms with E-state index in [-0.39, 0.29) is 0 Å². The SMILES string of the molecule is NCc1ccccc1OCc1sccc1Br. The Morgan fingerprint density at radius 3 is 2.75 bits per heavy atom. The maximum Gasteiger partial charge on any atom is 0.124 e. The van der Waals surface area contributed by atoms with Gasteiger partial charge < -0.3 is 10.5 Å². The second-order valence-corrected chi connectivity index (χ2v) is 5.15. The predicted molar refractivity (Wildman–Crippen MR) is 70.7 cm³/mol. The molecule has 2 nitrogen and oxygen atoms in total. The van der Waals surface area contributed by atoms with Gasteiger partial charge in [-0.1, -0.05) is 18.2 Å². The first-order valence-corrected chi connectivity index (χ1v) is 6.61. The van der Waals surface area contributed by atoms with Crippen LogP contribution in [0.4, 0.5) is 0 Å². The van der Waals surface area contributed by atoms with Gasteiger partial charge in [0.15, 0.2) is 0 Å². The molecule has 0 fully saturated rings. The zero-order chi connectivity index (χ0) is 11.4. The fraction of sp³-hybridized carbons (Fsp3) is 0.167. The molecule has 0 bridgehead atoms. The van der Waals surface area contributed by atoms with Crippen LogP contribution in [0.2, 0.25) is 0 Å². The molecule has 0 spiro atoms. The van der Waals surface area contributed by atoms with Gasteiger partial charge in [-0.3, -0.25) is 0 Å². The minimum absolute atomic E-state index is 0.502. The molecule has 2 rings (SSSR count). The van der Waals surface area contributed by atoms with Crippen LogP contribution in [0.15, 0.2) is 40.2 Å². The fourth-order valence-corrected chi connectivity index (χ4v) is 2.76. The second-order valence-electron chi connectivity index (χ2n) is 3.29. The number of para-hydroxylation sites is 1. The van der Waals surface area contributed by atoms with Crippen LogP contribution in [0.25, 0.3) is 0 Å². The Hall–Kier alpha value is -0.840. The summed E-state index contributed by atoms with van der Waals surface area (Å²) in [5, 5.41) is 2.04. The summed E-state index contributed by atoms with van der Waals surface area (Å²) < 4.78 is 6.85. The summed E-state index contributed by atoms with van der Waals surface area (Å²) in [7, 11) is 0. The smallest absolute Gasteiger partial charge is 0.124 e. The van der Waals surface area contributed by atoms with Gasteiger partial charge in [0.25, 0.3) is 0 Å². The minimum Gasteiger partial charge on any atom is -0.488 e. The van der Waals surface area contributed by atoms with Crippen molar-refractivity contribution in [1.82, 2.24) is 0 Å². The van der Waals surface area contributed by atoms with Gasteiger partial charge in [-0.05, 0) is 33.4 Å². The van der Waals surface area contributed by atoms with Crippen LogP contribution in [-0.4, -0.2) is 0 Å². The highest BCUT2D eigenvalue weighted by molar-refractivity contribution is 9.10. The number of ether oxygens (including phenoxy) is 1. The maximum atomic E-state index is 5.75. The van der Waals surface area contributed by atoms with Crippen molar-refractivity contribution in [1.29, 1.82) is 0 Å². The maximum absolute atomic E-state index is 5.75. The van der Waals surface area contributed by atoms with Gasteiger partial charge in [-0.25, -0.2) is 0 Å². The molecule has 0 aliphatic rings. The van der Waals surface area contributed by atoms with Crippen molar-refractivity contribution in [2.45, 2.75) is 13.2 Å². The summed E-state index contributed by atoms with van der Waals surface area (Å²) in [6.07, 6.45) is 0. The number of hydrogen-bond acceptors (Lipinski definition) is 3. The summed E-state index contributed by atoms with van der Waals surface area (Å²) in [5.74, 6) is 0.866. The first kappa shape index (κ1) is 11.6. The third-order valence-electron chi connectivity index (χ3n) is 2.24. The lowest BCUT2D eigenvalue weighted by molar-refractivity contribution is 0.306. The average Bonchev–Trinajstić information content (AvgIpc) is 2.72. The molecule has 1 heterocycles. The van der Waals surface area contributed by atoms with Crippen LogP contribution in [0.5, 0.6) is 5.75 Å². The Kier molecular flexibility index (Phi) is 3.98. The van der Waals surface area contributed by atoms with Crippen molar-refractivity contribution in [3.05, 3.63) is 50.6 Å². The van der Waals surface area contributed by atoms with Crippen molar-refractivity contribution in [3.8, 4) is 5.75 Å². The summed E-state index contributed by atoms with van der Waals surface area (Å²) in [4.78, 5) is 1.19. The molecule has 0 aliphatic carbocycles. The zero-order valence-corrected chi connectivity index (χ0v) is 11.1. The molecule has 0 amide bonds. The van der Waals surface area contributed by atoms with Crippen LogP contribution in [0.3, 0.4) is 0 Å². The number of hydrogen-bond donors (Lipinski definition) is 1. The Bertz CT molecular complexity index is 470. The predicted octanol–water partition coefficient (Wildman–Crippen LogP) is 3.55. The van der Waals surface area contributed by atoms with Crippen LogP contribution in [-0.2, 0) is 13.2 Å². The summed E-state index contributed by atoms with van der Waals surface area (Å²) >= 11 is 5.16. The zero-order valence-electron chi connectivity index (χ0n) is 8.65. The Morgan fingerprint density at radius 1 is 1.25 bits per heavy atom. The van der Waals surface area contributed by atoms with E-state index in [0.29, 0.717) is 13.2 Å². The van der Waals surface area contributed by atoms with E-state index in [2.05, 4.69) is 15.9 Å². The highest BCUT2D eigenvalue weighted by atomic mass is 79.9. The largest absolute Gasteiger partial charge is 0.488 e. The molecule has 0 atom stereocenters. The van der Waals surface area contributed by atoms with E-state index in [1.54, 1.807) is 11.3 Å². The number of nitrogens with two attached hydrogens (primary N) is 1. The number of benzene rings is 1. The first-order valence-electron chi connectivity index (χ1n) is 4.94. The van der Waals surface area contributed by atoms with Crippen molar-refractivity contribution in [3.63, 3.8) is 0 Å². The normalized spacial score (nSPS) is 10.4. The molecule has 0 unspecified atom stereocenters. The topological polar surface area (TPSA) is 35.2 Å². The molecular formula is C12H12BrNOS. The van der Waals surface area contributed by atoms with Gasteiger partial charge in [0, 0.05) is 16.6 Å². The molecule has 2 aromatic rings. The Labute approximate surface area is 107 Å². The van der Waals surface area contributed by atoms with E-state index in [1.165, 1.54) is 4.88 Å². The van der Waals surface area contributed by atoms with Gasteiger partial charge in [-0.15, -0.1) is 11.3 Å². The number of thiophene rings is 1. The molecule has 16 heavy (non-hydrogen) atoms. The molecule has 1 aromatic carbocycles. The van der Waals surface area contributed by atoms with E-state index in [9.17, 15) is 0 Å². The molecule has 0 aliphatic heterocycles. The molecule has 4 heteroatoms. The summed E-state index contributed by atoms with van der Waals surface area (Å²) in [6, 6.07) is 9.88. The summed E-state index contributed by atoms with van der Waals surface area (Å²) in [5.41, 5.74) is 6.68. The van der Waals surface area contributed by atoms with Gasteiger partial charge in [0.1, 0.15) is 12.4 Å².